The third-order valence-electron chi connectivity index (χ3n) is 2.15. The number of benzene rings is 1. The molecule has 0 aromatic heterocycles. The second-order valence-electron chi connectivity index (χ2n) is 3.47. The maximum Gasteiger partial charge on any atom is 0.339 e. The molecule has 0 fully saturated rings. The number of ether oxygens (including phenoxy) is 1. The van der Waals surface area contributed by atoms with Crippen LogP contribution in [0.15, 0.2) is 17.0 Å². The van der Waals surface area contributed by atoms with Crippen LogP contribution in [0.1, 0.15) is 15.9 Å². The van der Waals surface area contributed by atoms with Gasteiger partial charge >= 0.3 is 5.97 Å². The summed E-state index contributed by atoms with van der Waals surface area (Å²) in [6.45, 7) is 1.62. The van der Waals surface area contributed by atoms with Crippen molar-refractivity contribution in [2.45, 2.75) is 11.8 Å². The maximum atomic E-state index is 11.4. The van der Waals surface area contributed by atoms with Gasteiger partial charge in [-0.05, 0) is 24.6 Å². The lowest BCUT2D eigenvalue weighted by atomic mass is 10.1. The first-order valence-corrected chi connectivity index (χ1v) is 6.35. The van der Waals surface area contributed by atoms with Crippen molar-refractivity contribution in [1.29, 1.82) is 0 Å². The average Bonchev–Trinajstić information content (AvgIpc) is 2.14. The number of anilines is 1. The van der Waals surface area contributed by atoms with Crippen molar-refractivity contribution < 1.29 is 17.9 Å². The first kappa shape index (κ1) is 12.5. The summed E-state index contributed by atoms with van der Waals surface area (Å²) < 4.78 is 27.4. The number of rotatable bonds is 2. The Morgan fingerprint density at radius 2 is 1.94 bits per heavy atom. The van der Waals surface area contributed by atoms with Crippen molar-refractivity contribution in [3.8, 4) is 0 Å². The molecule has 88 valence electrons. The lowest BCUT2D eigenvalue weighted by molar-refractivity contribution is 0.0601. The summed E-state index contributed by atoms with van der Waals surface area (Å²) in [7, 11) is -2.17. The van der Waals surface area contributed by atoms with Gasteiger partial charge in [-0.3, -0.25) is 0 Å². The molecule has 0 amide bonds. The minimum absolute atomic E-state index is 0.0634. The van der Waals surface area contributed by atoms with Crippen LogP contribution in [0, 0.1) is 6.92 Å². The molecule has 0 radical (unpaired) electrons. The molecule has 0 unspecified atom stereocenters. The molecular weight excluding hydrogens is 230 g/mol. The molecular formula is C10H13NO4S. The van der Waals surface area contributed by atoms with Gasteiger partial charge in [0.2, 0.25) is 0 Å². The van der Waals surface area contributed by atoms with Crippen LogP contribution >= 0.6 is 0 Å². The van der Waals surface area contributed by atoms with Gasteiger partial charge in [0.25, 0.3) is 0 Å². The quantitative estimate of drug-likeness (QED) is 0.612. The number of methoxy groups -OCH3 is 1. The first-order chi connectivity index (χ1) is 7.27. The van der Waals surface area contributed by atoms with Crippen molar-refractivity contribution >= 4 is 21.5 Å². The molecule has 0 saturated carbocycles. The normalized spacial score (nSPS) is 11.2. The molecule has 2 N–H and O–H groups in total. The number of nitrogen functional groups attached to an aromatic ring is 1. The zero-order chi connectivity index (χ0) is 12.5. The molecule has 1 aromatic rings. The van der Waals surface area contributed by atoms with Crippen LogP contribution in [0.25, 0.3) is 0 Å². The minimum Gasteiger partial charge on any atom is -0.465 e. The fourth-order valence-electron chi connectivity index (χ4n) is 1.40. The molecule has 0 bridgehead atoms. The van der Waals surface area contributed by atoms with Crippen LogP contribution in [0.2, 0.25) is 0 Å². The van der Waals surface area contributed by atoms with Crippen molar-refractivity contribution in [1.82, 2.24) is 0 Å². The van der Waals surface area contributed by atoms with Gasteiger partial charge < -0.3 is 10.5 Å². The van der Waals surface area contributed by atoms with Gasteiger partial charge in [0.15, 0.2) is 9.84 Å². The zero-order valence-electron chi connectivity index (χ0n) is 9.27. The van der Waals surface area contributed by atoms with Crippen LogP contribution in [0.4, 0.5) is 5.69 Å². The van der Waals surface area contributed by atoms with E-state index < -0.39 is 15.8 Å². The smallest absolute Gasteiger partial charge is 0.339 e. The third kappa shape index (κ3) is 2.33. The fraction of sp³-hybridized carbons (Fsp3) is 0.300. The van der Waals surface area contributed by atoms with E-state index >= 15 is 0 Å². The zero-order valence-corrected chi connectivity index (χ0v) is 10.1. The Labute approximate surface area is 94.1 Å². The van der Waals surface area contributed by atoms with E-state index in [1.54, 1.807) is 6.92 Å². The average molecular weight is 243 g/mol. The topological polar surface area (TPSA) is 86.5 Å². The molecule has 0 saturated heterocycles. The number of esters is 1. The number of carbonyl (C=O) groups excluding carboxylic acids is 1. The van der Waals surface area contributed by atoms with E-state index in [1.165, 1.54) is 19.2 Å². The first-order valence-electron chi connectivity index (χ1n) is 4.46. The number of nitrogens with two attached hydrogens (primary N) is 1. The van der Waals surface area contributed by atoms with Gasteiger partial charge in [-0.15, -0.1) is 0 Å². The Hall–Kier alpha value is -1.56. The predicted octanol–water partition coefficient (Wildman–Crippen LogP) is 0.767. The Morgan fingerprint density at radius 1 is 1.38 bits per heavy atom. The molecule has 0 spiro atoms. The van der Waals surface area contributed by atoms with E-state index in [9.17, 15) is 13.2 Å². The number of hydrogen-bond acceptors (Lipinski definition) is 5. The summed E-state index contributed by atoms with van der Waals surface area (Å²) in [5.41, 5.74) is 6.39. The Morgan fingerprint density at radius 3 is 2.38 bits per heavy atom. The molecule has 0 atom stereocenters. The number of sulfone groups is 1. The maximum absolute atomic E-state index is 11.4. The minimum atomic E-state index is -3.38. The molecule has 16 heavy (non-hydrogen) atoms. The monoisotopic (exact) mass is 243 g/mol. The molecule has 0 aliphatic carbocycles. The summed E-state index contributed by atoms with van der Waals surface area (Å²) in [5.74, 6) is -0.651. The van der Waals surface area contributed by atoms with Gasteiger partial charge in [0.1, 0.15) is 0 Å². The SMILES string of the molecule is COC(=O)c1cc(S(C)(=O)=O)c(C)cc1N. The number of hydrogen-bond donors (Lipinski definition) is 1. The van der Waals surface area contributed by atoms with Gasteiger partial charge in [0, 0.05) is 11.9 Å². The van der Waals surface area contributed by atoms with Crippen LogP contribution in [0.3, 0.4) is 0 Å². The fourth-order valence-corrected chi connectivity index (χ4v) is 2.37. The second kappa shape index (κ2) is 4.13. The van der Waals surface area contributed by atoms with E-state index in [0.29, 0.717) is 5.56 Å². The lowest BCUT2D eigenvalue weighted by Gasteiger charge is -2.09. The highest BCUT2D eigenvalue weighted by Gasteiger charge is 2.17. The summed E-state index contributed by atoms with van der Waals surface area (Å²) >= 11 is 0. The predicted molar refractivity (Wildman–Crippen MR) is 60.0 cm³/mol. The lowest BCUT2D eigenvalue weighted by Crippen LogP contribution is -2.09. The van der Waals surface area contributed by atoms with Gasteiger partial charge in [-0.25, -0.2) is 13.2 Å². The van der Waals surface area contributed by atoms with Crippen molar-refractivity contribution in [2.75, 3.05) is 19.1 Å². The highest BCUT2D eigenvalue weighted by molar-refractivity contribution is 7.90. The molecule has 1 aromatic carbocycles. The van der Waals surface area contributed by atoms with E-state index in [1.807, 2.05) is 0 Å². The Kier molecular flexibility index (Phi) is 3.23. The molecule has 0 aliphatic rings. The molecule has 0 aliphatic heterocycles. The second-order valence-corrected chi connectivity index (χ2v) is 5.45. The van der Waals surface area contributed by atoms with Gasteiger partial charge in [-0.1, -0.05) is 0 Å². The standard InChI is InChI=1S/C10H13NO4S/c1-6-4-8(11)7(10(12)15-2)5-9(6)16(3,13)14/h4-5H,11H2,1-3H3. The highest BCUT2D eigenvalue weighted by Crippen LogP contribution is 2.23. The van der Waals surface area contributed by atoms with E-state index in [-0.39, 0.29) is 16.1 Å². The van der Waals surface area contributed by atoms with Crippen molar-refractivity contribution in [2.24, 2.45) is 0 Å². The van der Waals surface area contributed by atoms with E-state index in [2.05, 4.69) is 4.74 Å². The molecule has 5 nitrogen and oxygen atoms in total. The summed E-state index contributed by atoms with van der Waals surface area (Å²) in [6, 6.07) is 2.69. The summed E-state index contributed by atoms with van der Waals surface area (Å²) in [5, 5.41) is 0. The van der Waals surface area contributed by atoms with E-state index in [4.69, 9.17) is 5.73 Å². The van der Waals surface area contributed by atoms with Crippen LogP contribution in [-0.4, -0.2) is 27.8 Å². The largest absolute Gasteiger partial charge is 0.465 e. The number of aryl methyl sites for hydroxylation is 1. The van der Waals surface area contributed by atoms with Crippen LogP contribution in [0.5, 0.6) is 0 Å². The summed E-state index contributed by atoms with van der Waals surface area (Å²) in [6.07, 6.45) is 1.08. The van der Waals surface area contributed by atoms with Gasteiger partial charge in [0.05, 0.1) is 17.6 Å². The van der Waals surface area contributed by atoms with Crippen LogP contribution in [-0.2, 0) is 14.6 Å². The summed E-state index contributed by atoms with van der Waals surface area (Å²) in [4.78, 5) is 11.4. The van der Waals surface area contributed by atoms with Crippen LogP contribution < -0.4 is 5.73 Å². The van der Waals surface area contributed by atoms with Gasteiger partial charge in [-0.2, -0.15) is 0 Å². The van der Waals surface area contributed by atoms with E-state index in [0.717, 1.165) is 6.26 Å². The molecule has 6 heteroatoms. The Balaban J connectivity index is 3.51. The molecule has 0 heterocycles. The van der Waals surface area contributed by atoms with Crippen molar-refractivity contribution in [3.05, 3.63) is 23.3 Å². The Bertz CT molecular complexity index is 534. The third-order valence-corrected chi connectivity index (χ3v) is 3.39. The van der Waals surface area contributed by atoms with Crippen molar-refractivity contribution in [3.63, 3.8) is 0 Å². The molecule has 1 rings (SSSR count). The number of carbonyl (C=O) groups is 1. The highest BCUT2D eigenvalue weighted by atomic mass is 32.2.